The Morgan fingerprint density at radius 2 is 1.71 bits per heavy atom. The third-order valence-electron chi connectivity index (χ3n) is 2.34. The molecule has 1 heteroatoms. The van der Waals surface area contributed by atoms with Crippen molar-refractivity contribution in [3.8, 4) is 0 Å². The van der Waals surface area contributed by atoms with E-state index in [0.29, 0.717) is 0 Å². The Morgan fingerprint density at radius 3 is 2.00 bits per heavy atom. The Balaban J connectivity index is 4.17. The van der Waals surface area contributed by atoms with Gasteiger partial charge in [0.2, 0.25) is 0 Å². The third-order valence-corrected chi connectivity index (χ3v) is 4.15. The van der Waals surface area contributed by atoms with E-state index >= 15 is 0 Å². The Hall–Kier alpha value is 0.170. The van der Waals surface area contributed by atoms with Gasteiger partial charge in [0.15, 0.2) is 0 Å². The second-order valence-corrected chi connectivity index (χ2v) is 12.0. The molecule has 0 radical (unpaired) electrons. The zero-order chi connectivity index (χ0) is 11.4. The van der Waals surface area contributed by atoms with E-state index in [0.717, 1.165) is 11.8 Å². The average Bonchev–Trinajstić information content (AvgIpc) is 1.77. The minimum absolute atomic E-state index is 0.829. The van der Waals surface area contributed by atoms with Gasteiger partial charge in [-0.05, 0) is 0 Å². The first-order valence-corrected chi connectivity index (χ1v) is 9.56. The van der Waals surface area contributed by atoms with Crippen molar-refractivity contribution in [1.29, 1.82) is 0 Å². The first kappa shape index (κ1) is 14.2. The summed E-state index contributed by atoms with van der Waals surface area (Å²) < 4.78 is 0. The van der Waals surface area contributed by atoms with Crippen molar-refractivity contribution in [1.82, 2.24) is 0 Å². The molecule has 0 aliphatic carbocycles. The van der Waals surface area contributed by atoms with Gasteiger partial charge in [0.25, 0.3) is 0 Å². The van der Waals surface area contributed by atoms with Crippen molar-refractivity contribution in [2.45, 2.75) is 33.6 Å². The number of allylic oxidation sites excluding steroid dienone is 1. The molecule has 0 bridgehead atoms. The molecule has 0 aliphatic heterocycles. The van der Waals surface area contributed by atoms with E-state index in [9.17, 15) is 0 Å². The normalized spacial score (nSPS) is 15.6. The Bertz CT molecular complexity index is 174. The van der Waals surface area contributed by atoms with Gasteiger partial charge < -0.3 is 0 Å². The first-order chi connectivity index (χ1) is 6.20. The van der Waals surface area contributed by atoms with Crippen molar-refractivity contribution in [3.05, 3.63) is 12.2 Å². The van der Waals surface area contributed by atoms with Crippen LogP contribution in [-0.2, 0) is 0 Å². The van der Waals surface area contributed by atoms with Gasteiger partial charge >= 0.3 is 91.0 Å². The van der Waals surface area contributed by atoms with Gasteiger partial charge in [0.05, 0.1) is 0 Å². The Kier molecular flexibility index (Phi) is 5.98. The molecule has 0 nitrogen and oxygen atoms in total. The van der Waals surface area contributed by atoms with E-state index in [2.05, 4.69) is 47.3 Å². The van der Waals surface area contributed by atoms with Crippen molar-refractivity contribution in [2.75, 3.05) is 26.2 Å². The molecular formula is C13H29P. The summed E-state index contributed by atoms with van der Waals surface area (Å²) in [7, 11) is -0.895. The third kappa shape index (κ3) is 8.75. The fraction of sp³-hybridized carbons (Fsp3) is 0.846. The summed E-state index contributed by atoms with van der Waals surface area (Å²) in [4.78, 5) is 0. The van der Waals surface area contributed by atoms with Crippen LogP contribution in [0.25, 0.3) is 0 Å². The minimum atomic E-state index is -0.895. The Labute approximate surface area is 91.5 Å². The second kappa shape index (κ2) is 5.91. The standard InChI is InChI=1S/C13H29P/c1-11(2)8-13(9-12(3)4)10-14(5,6)7/h12-14H,1,8-10H2,2-7H3. The van der Waals surface area contributed by atoms with Crippen LogP contribution in [-0.4, -0.2) is 26.2 Å². The molecular weight excluding hydrogens is 187 g/mol. The fourth-order valence-electron chi connectivity index (χ4n) is 2.26. The van der Waals surface area contributed by atoms with Crippen LogP contribution in [0, 0.1) is 11.8 Å². The maximum absolute atomic E-state index is 4.05. The summed E-state index contributed by atoms with van der Waals surface area (Å²) in [6.07, 6.45) is 4.07. The summed E-state index contributed by atoms with van der Waals surface area (Å²) >= 11 is 0. The molecule has 0 rings (SSSR count). The summed E-state index contributed by atoms with van der Waals surface area (Å²) in [6.45, 7) is 18.3. The van der Waals surface area contributed by atoms with Gasteiger partial charge in [-0.15, -0.1) is 0 Å². The molecule has 14 heavy (non-hydrogen) atoms. The number of hydrogen-bond acceptors (Lipinski definition) is 0. The van der Waals surface area contributed by atoms with Crippen LogP contribution in [0.1, 0.15) is 33.6 Å². The second-order valence-electron chi connectivity index (χ2n) is 6.42. The predicted octanol–water partition coefficient (Wildman–Crippen LogP) is 4.25. The molecule has 0 amide bonds. The van der Waals surface area contributed by atoms with Crippen molar-refractivity contribution < 1.29 is 0 Å². The van der Waals surface area contributed by atoms with Gasteiger partial charge in [0, 0.05) is 0 Å². The van der Waals surface area contributed by atoms with E-state index in [4.69, 9.17) is 0 Å². The van der Waals surface area contributed by atoms with Crippen molar-refractivity contribution in [2.24, 2.45) is 11.8 Å². The summed E-state index contributed by atoms with van der Waals surface area (Å²) in [5.41, 5.74) is 1.36. The van der Waals surface area contributed by atoms with Crippen LogP contribution in [0.15, 0.2) is 12.2 Å². The summed E-state index contributed by atoms with van der Waals surface area (Å²) in [6, 6.07) is 0. The molecule has 86 valence electrons. The fourth-order valence-corrected chi connectivity index (χ4v) is 4.31. The van der Waals surface area contributed by atoms with Gasteiger partial charge in [-0.3, -0.25) is 0 Å². The monoisotopic (exact) mass is 216 g/mol. The number of hydrogen-bond donors (Lipinski definition) is 0. The molecule has 0 aromatic carbocycles. The van der Waals surface area contributed by atoms with Gasteiger partial charge in [0.1, 0.15) is 0 Å². The molecule has 0 spiro atoms. The van der Waals surface area contributed by atoms with Crippen molar-refractivity contribution in [3.63, 3.8) is 0 Å². The predicted molar refractivity (Wildman–Crippen MR) is 73.3 cm³/mol. The van der Waals surface area contributed by atoms with Crippen LogP contribution in [0.4, 0.5) is 0 Å². The molecule has 1 unspecified atom stereocenters. The molecule has 0 aliphatic rings. The van der Waals surface area contributed by atoms with Crippen LogP contribution in [0.3, 0.4) is 0 Å². The first-order valence-electron chi connectivity index (χ1n) is 5.85. The molecule has 0 heterocycles. The molecule has 0 aromatic heterocycles. The topological polar surface area (TPSA) is 0 Å². The van der Waals surface area contributed by atoms with Gasteiger partial charge in [-0.1, -0.05) is 0 Å². The molecule has 1 atom stereocenters. The van der Waals surface area contributed by atoms with Crippen LogP contribution in [0.5, 0.6) is 0 Å². The van der Waals surface area contributed by atoms with Crippen LogP contribution >= 0.6 is 7.26 Å². The average molecular weight is 216 g/mol. The molecule has 0 saturated carbocycles. The molecule has 0 fully saturated rings. The maximum atomic E-state index is 4.05. The quantitative estimate of drug-likeness (QED) is 0.460. The van der Waals surface area contributed by atoms with Crippen LogP contribution in [0.2, 0.25) is 0 Å². The molecule has 0 saturated heterocycles. The summed E-state index contributed by atoms with van der Waals surface area (Å²) in [5.74, 6) is 1.72. The van der Waals surface area contributed by atoms with E-state index < -0.39 is 7.26 Å². The molecule has 0 N–H and O–H groups in total. The van der Waals surface area contributed by atoms with E-state index in [1.165, 1.54) is 24.6 Å². The van der Waals surface area contributed by atoms with E-state index in [1.807, 2.05) is 0 Å². The van der Waals surface area contributed by atoms with Gasteiger partial charge in [-0.25, -0.2) is 0 Å². The van der Waals surface area contributed by atoms with E-state index in [-0.39, 0.29) is 0 Å². The summed E-state index contributed by atoms with van der Waals surface area (Å²) in [5, 5.41) is 0. The zero-order valence-corrected chi connectivity index (χ0v) is 12.0. The Morgan fingerprint density at radius 1 is 1.21 bits per heavy atom. The van der Waals surface area contributed by atoms with Crippen LogP contribution < -0.4 is 0 Å². The van der Waals surface area contributed by atoms with Crippen molar-refractivity contribution >= 4 is 7.26 Å². The molecule has 0 aromatic rings. The zero-order valence-electron chi connectivity index (χ0n) is 11.0. The van der Waals surface area contributed by atoms with E-state index in [1.54, 1.807) is 0 Å². The number of rotatable bonds is 6. The SMILES string of the molecule is C=C(C)CC(CC(C)C)C[PH](C)(C)C. The van der Waals surface area contributed by atoms with Gasteiger partial charge in [-0.2, -0.15) is 0 Å².